The number of rotatable bonds is 5. The third kappa shape index (κ3) is 3.93. The lowest BCUT2D eigenvalue weighted by Crippen LogP contribution is -2.27. The minimum Gasteiger partial charge on any atom is -0.394 e. The van der Waals surface area contributed by atoms with E-state index in [1.807, 2.05) is 13.1 Å². The van der Waals surface area contributed by atoms with Crippen molar-refractivity contribution in [2.45, 2.75) is 46.1 Å². The SMILES string of the molecule is C=C(NC(C)CO)c1cnc2c(C3=CCC(C)(C)CC3)cccc2c1. The first-order chi connectivity index (χ1) is 11.9. The van der Waals surface area contributed by atoms with E-state index in [-0.39, 0.29) is 12.6 Å². The van der Waals surface area contributed by atoms with Crippen LogP contribution in [0.2, 0.25) is 0 Å². The molecule has 0 aliphatic heterocycles. The average molecular weight is 336 g/mol. The Balaban J connectivity index is 1.93. The number of hydrogen-bond acceptors (Lipinski definition) is 3. The number of benzene rings is 1. The zero-order chi connectivity index (χ0) is 18.0. The Kier molecular flexibility index (Phi) is 4.96. The molecule has 132 valence electrons. The maximum absolute atomic E-state index is 9.19. The van der Waals surface area contributed by atoms with Crippen LogP contribution in [0.3, 0.4) is 0 Å². The highest BCUT2D eigenvalue weighted by Gasteiger charge is 2.22. The lowest BCUT2D eigenvalue weighted by atomic mass is 9.77. The summed E-state index contributed by atoms with van der Waals surface area (Å²) in [4.78, 5) is 4.74. The summed E-state index contributed by atoms with van der Waals surface area (Å²) in [5, 5.41) is 13.5. The summed E-state index contributed by atoms with van der Waals surface area (Å²) in [7, 11) is 0. The van der Waals surface area contributed by atoms with Crippen molar-refractivity contribution in [2.75, 3.05) is 6.61 Å². The topological polar surface area (TPSA) is 45.1 Å². The van der Waals surface area contributed by atoms with Gasteiger partial charge in [-0.1, -0.05) is 44.7 Å². The molecule has 3 rings (SSSR count). The maximum atomic E-state index is 9.19. The van der Waals surface area contributed by atoms with Crippen LogP contribution in [-0.4, -0.2) is 22.7 Å². The van der Waals surface area contributed by atoms with Crippen LogP contribution in [0.25, 0.3) is 22.2 Å². The highest BCUT2D eigenvalue weighted by Crippen LogP contribution is 2.39. The van der Waals surface area contributed by atoms with Crippen LogP contribution in [0.4, 0.5) is 0 Å². The second-order valence-electron chi connectivity index (χ2n) is 7.91. The van der Waals surface area contributed by atoms with E-state index in [9.17, 15) is 5.11 Å². The largest absolute Gasteiger partial charge is 0.394 e. The van der Waals surface area contributed by atoms with Crippen LogP contribution in [-0.2, 0) is 0 Å². The average Bonchev–Trinajstić information content (AvgIpc) is 2.60. The van der Waals surface area contributed by atoms with Crippen molar-refractivity contribution in [3.8, 4) is 0 Å². The molecular weight excluding hydrogens is 308 g/mol. The molecule has 1 unspecified atom stereocenters. The second-order valence-corrected chi connectivity index (χ2v) is 7.91. The number of para-hydroxylation sites is 1. The normalized spacial score (nSPS) is 17.8. The molecule has 3 nitrogen and oxygen atoms in total. The lowest BCUT2D eigenvalue weighted by Gasteiger charge is -2.29. The standard InChI is InChI=1S/C22H28N2O/c1-15(14-25)24-16(2)19-12-18-6-5-7-20(21(18)23-13-19)17-8-10-22(3,4)11-9-17/h5-8,12-13,15,24-25H,2,9-11,14H2,1,3-4H3. The molecule has 0 spiro atoms. The maximum Gasteiger partial charge on any atom is 0.0777 e. The Labute approximate surface area is 150 Å². The van der Waals surface area contributed by atoms with Gasteiger partial charge in [-0.3, -0.25) is 4.98 Å². The fraction of sp³-hybridized carbons (Fsp3) is 0.409. The van der Waals surface area contributed by atoms with E-state index < -0.39 is 0 Å². The van der Waals surface area contributed by atoms with Gasteiger partial charge >= 0.3 is 0 Å². The van der Waals surface area contributed by atoms with Crippen molar-refractivity contribution >= 4 is 22.2 Å². The fourth-order valence-electron chi connectivity index (χ4n) is 3.33. The van der Waals surface area contributed by atoms with Crippen LogP contribution in [0.5, 0.6) is 0 Å². The number of aromatic nitrogens is 1. The van der Waals surface area contributed by atoms with Crippen LogP contribution < -0.4 is 5.32 Å². The molecule has 1 aliphatic carbocycles. The molecule has 0 saturated carbocycles. The van der Waals surface area contributed by atoms with Gasteiger partial charge in [-0.05, 0) is 43.2 Å². The first-order valence-corrected chi connectivity index (χ1v) is 9.04. The molecule has 2 N–H and O–H groups in total. The Morgan fingerprint density at radius 3 is 2.88 bits per heavy atom. The van der Waals surface area contributed by atoms with Crippen molar-refractivity contribution in [3.63, 3.8) is 0 Å². The molecule has 2 aromatic rings. The lowest BCUT2D eigenvalue weighted by molar-refractivity contribution is 0.263. The molecule has 0 saturated heterocycles. The number of fused-ring (bicyclic) bond motifs is 1. The van der Waals surface area contributed by atoms with Gasteiger partial charge in [-0.25, -0.2) is 0 Å². The molecule has 1 heterocycles. The molecule has 25 heavy (non-hydrogen) atoms. The summed E-state index contributed by atoms with van der Waals surface area (Å²) >= 11 is 0. The molecule has 0 amide bonds. The number of hydrogen-bond donors (Lipinski definition) is 2. The highest BCUT2D eigenvalue weighted by atomic mass is 16.3. The van der Waals surface area contributed by atoms with Gasteiger partial charge in [0, 0.05) is 34.4 Å². The van der Waals surface area contributed by atoms with E-state index in [0.717, 1.165) is 35.0 Å². The van der Waals surface area contributed by atoms with Crippen LogP contribution >= 0.6 is 0 Å². The van der Waals surface area contributed by atoms with Crippen molar-refractivity contribution < 1.29 is 5.11 Å². The number of aliphatic hydroxyl groups is 1. The zero-order valence-electron chi connectivity index (χ0n) is 15.5. The molecule has 1 atom stereocenters. The summed E-state index contributed by atoms with van der Waals surface area (Å²) < 4.78 is 0. The summed E-state index contributed by atoms with van der Waals surface area (Å²) in [5.74, 6) is 0. The summed E-state index contributed by atoms with van der Waals surface area (Å²) in [6.45, 7) is 10.7. The van der Waals surface area contributed by atoms with Gasteiger partial charge < -0.3 is 10.4 Å². The van der Waals surface area contributed by atoms with Gasteiger partial charge in [0.15, 0.2) is 0 Å². The smallest absolute Gasteiger partial charge is 0.0777 e. The van der Waals surface area contributed by atoms with Gasteiger partial charge in [0.05, 0.1) is 12.1 Å². The van der Waals surface area contributed by atoms with Crippen LogP contribution in [0.1, 0.15) is 51.2 Å². The summed E-state index contributed by atoms with van der Waals surface area (Å²) in [6, 6.07) is 8.49. The van der Waals surface area contributed by atoms with Gasteiger partial charge in [-0.15, -0.1) is 0 Å². The Bertz CT molecular complexity index is 820. The Morgan fingerprint density at radius 2 is 2.20 bits per heavy atom. The third-order valence-corrected chi connectivity index (χ3v) is 5.07. The quantitative estimate of drug-likeness (QED) is 0.827. The van der Waals surface area contributed by atoms with E-state index >= 15 is 0 Å². The minimum absolute atomic E-state index is 0.0229. The molecule has 1 aromatic carbocycles. The molecule has 3 heteroatoms. The minimum atomic E-state index is -0.0229. The molecular formula is C22H28N2O. The molecule has 1 aromatic heterocycles. The van der Waals surface area contributed by atoms with E-state index in [4.69, 9.17) is 4.98 Å². The van der Waals surface area contributed by atoms with E-state index in [1.54, 1.807) is 0 Å². The van der Waals surface area contributed by atoms with Crippen molar-refractivity contribution in [2.24, 2.45) is 5.41 Å². The van der Waals surface area contributed by atoms with Gasteiger partial charge in [0.1, 0.15) is 0 Å². The monoisotopic (exact) mass is 336 g/mol. The van der Waals surface area contributed by atoms with Crippen molar-refractivity contribution in [3.05, 3.63) is 54.2 Å². The summed E-state index contributed by atoms with van der Waals surface area (Å²) in [6.07, 6.45) is 7.71. The van der Waals surface area contributed by atoms with Crippen LogP contribution in [0.15, 0.2) is 43.1 Å². The van der Waals surface area contributed by atoms with Gasteiger partial charge in [-0.2, -0.15) is 0 Å². The zero-order valence-corrected chi connectivity index (χ0v) is 15.5. The Morgan fingerprint density at radius 1 is 1.40 bits per heavy atom. The van der Waals surface area contributed by atoms with Gasteiger partial charge in [0.2, 0.25) is 0 Å². The number of aliphatic hydroxyl groups excluding tert-OH is 1. The predicted octanol–water partition coefficient (Wildman–Crippen LogP) is 4.77. The summed E-state index contributed by atoms with van der Waals surface area (Å²) in [5.41, 5.74) is 5.88. The third-order valence-electron chi connectivity index (χ3n) is 5.07. The second kappa shape index (κ2) is 7.01. The number of allylic oxidation sites excluding steroid dienone is 2. The molecule has 0 bridgehead atoms. The number of nitrogens with one attached hydrogen (secondary N) is 1. The molecule has 0 radical (unpaired) electrons. The van der Waals surface area contributed by atoms with E-state index in [0.29, 0.717) is 5.41 Å². The van der Waals surface area contributed by atoms with Crippen molar-refractivity contribution in [1.29, 1.82) is 0 Å². The number of nitrogens with zero attached hydrogens (tertiary/aromatic N) is 1. The van der Waals surface area contributed by atoms with E-state index in [1.165, 1.54) is 17.6 Å². The number of pyridine rings is 1. The molecule has 1 aliphatic rings. The van der Waals surface area contributed by atoms with Crippen molar-refractivity contribution in [1.82, 2.24) is 10.3 Å². The first-order valence-electron chi connectivity index (χ1n) is 9.04. The fourth-order valence-corrected chi connectivity index (χ4v) is 3.33. The highest BCUT2D eigenvalue weighted by molar-refractivity contribution is 5.92. The van der Waals surface area contributed by atoms with E-state index in [2.05, 4.69) is 56.1 Å². The van der Waals surface area contributed by atoms with Crippen LogP contribution in [0, 0.1) is 5.41 Å². The predicted molar refractivity (Wildman–Crippen MR) is 106 cm³/mol. The first kappa shape index (κ1) is 17.7. The van der Waals surface area contributed by atoms with Gasteiger partial charge in [0.25, 0.3) is 0 Å². The molecule has 0 fully saturated rings. The Hall–Kier alpha value is -2.13.